The lowest BCUT2D eigenvalue weighted by Crippen LogP contribution is -2.26. The van der Waals surface area contributed by atoms with E-state index in [1.54, 1.807) is 12.1 Å². The van der Waals surface area contributed by atoms with E-state index in [1.165, 1.54) is 0 Å². The first kappa shape index (κ1) is 15.4. The molecule has 0 aliphatic carbocycles. The fourth-order valence-corrected chi connectivity index (χ4v) is 2.05. The van der Waals surface area contributed by atoms with Crippen LogP contribution >= 0.6 is 11.6 Å². The van der Waals surface area contributed by atoms with Gasteiger partial charge < -0.3 is 15.7 Å². The van der Waals surface area contributed by atoms with Gasteiger partial charge in [0.25, 0.3) is 5.91 Å². The van der Waals surface area contributed by atoms with E-state index in [0.29, 0.717) is 12.1 Å². The fraction of sp³-hybridized carbons (Fsp3) is 0.188. The van der Waals surface area contributed by atoms with Gasteiger partial charge in [-0.05, 0) is 35.9 Å². The number of hydrogen-bond donors (Lipinski definition) is 3. The van der Waals surface area contributed by atoms with Crippen molar-refractivity contribution < 1.29 is 9.90 Å². The molecule has 2 aromatic carbocycles. The first-order valence-corrected chi connectivity index (χ1v) is 7.05. The summed E-state index contributed by atoms with van der Waals surface area (Å²) in [7, 11) is 0. The van der Waals surface area contributed by atoms with Gasteiger partial charge in [0, 0.05) is 29.4 Å². The minimum absolute atomic E-state index is 0.0663. The van der Waals surface area contributed by atoms with Crippen LogP contribution in [0.4, 0.5) is 5.69 Å². The number of rotatable bonds is 6. The Morgan fingerprint density at radius 3 is 2.48 bits per heavy atom. The SMILES string of the molecule is O=C(NCCO)c1ccc(NCc2ccccc2Cl)cc1. The standard InChI is InChI=1S/C16H17ClN2O2/c17-15-4-2-1-3-13(15)11-19-14-7-5-12(6-8-14)16(21)18-9-10-20/h1-8,19-20H,9-11H2,(H,18,21). The summed E-state index contributed by atoms with van der Waals surface area (Å²) >= 11 is 6.09. The number of halogens is 1. The highest BCUT2D eigenvalue weighted by molar-refractivity contribution is 6.31. The number of hydrogen-bond acceptors (Lipinski definition) is 3. The number of amides is 1. The zero-order valence-electron chi connectivity index (χ0n) is 11.5. The molecule has 3 N–H and O–H groups in total. The molecule has 0 unspecified atom stereocenters. The third-order valence-electron chi connectivity index (χ3n) is 2.99. The van der Waals surface area contributed by atoms with Crippen LogP contribution in [0.15, 0.2) is 48.5 Å². The van der Waals surface area contributed by atoms with E-state index < -0.39 is 0 Å². The van der Waals surface area contributed by atoms with Crippen molar-refractivity contribution in [2.75, 3.05) is 18.5 Å². The van der Waals surface area contributed by atoms with Crippen LogP contribution in [0.25, 0.3) is 0 Å². The van der Waals surface area contributed by atoms with Crippen LogP contribution in [0.2, 0.25) is 5.02 Å². The zero-order valence-corrected chi connectivity index (χ0v) is 12.2. The Hall–Kier alpha value is -2.04. The molecule has 110 valence electrons. The molecule has 0 atom stereocenters. The molecule has 5 heteroatoms. The molecule has 21 heavy (non-hydrogen) atoms. The van der Waals surface area contributed by atoms with Gasteiger partial charge in [-0.2, -0.15) is 0 Å². The average Bonchev–Trinajstić information content (AvgIpc) is 2.52. The van der Waals surface area contributed by atoms with Gasteiger partial charge in [-0.15, -0.1) is 0 Å². The summed E-state index contributed by atoms with van der Waals surface area (Å²) < 4.78 is 0. The molecule has 0 fully saturated rings. The molecule has 1 amide bonds. The summed E-state index contributed by atoms with van der Waals surface area (Å²) in [6.45, 7) is 0.810. The smallest absolute Gasteiger partial charge is 0.251 e. The molecule has 0 saturated carbocycles. The van der Waals surface area contributed by atoms with Crippen molar-refractivity contribution in [3.8, 4) is 0 Å². The molecule has 4 nitrogen and oxygen atoms in total. The number of aliphatic hydroxyl groups excluding tert-OH is 1. The van der Waals surface area contributed by atoms with Crippen LogP contribution in [-0.2, 0) is 6.54 Å². The molecule has 0 saturated heterocycles. The number of anilines is 1. The maximum absolute atomic E-state index is 11.7. The minimum atomic E-state index is -0.193. The second kappa shape index (κ2) is 7.67. The first-order chi connectivity index (χ1) is 10.2. The Labute approximate surface area is 128 Å². The van der Waals surface area contributed by atoms with Gasteiger partial charge in [0.2, 0.25) is 0 Å². The molecule has 0 heterocycles. The Bertz CT molecular complexity index is 599. The van der Waals surface area contributed by atoms with Crippen LogP contribution < -0.4 is 10.6 Å². The summed E-state index contributed by atoms with van der Waals surface area (Å²) in [5, 5.41) is 15.3. The van der Waals surface area contributed by atoms with Crippen molar-refractivity contribution in [1.29, 1.82) is 0 Å². The Kier molecular flexibility index (Phi) is 5.60. The maximum atomic E-state index is 11.7. The van der Waals surface area contributed by atoms with Crippen molar-refractivity contribution in [2.45, 2.75) is 6.54 Å². The second-order valence-corrected chi connectivity index (χ2v) is 4.91. The average molecular weight is 305 g/mol. The molecule has 0 bridgehead atoms. The Morgan fingerprint density at radius 2 is 1.81 bits per heavy atom. The van der Waals surface area contributed by atoms with Crippen molar-refractivity contribution in [3.05, 3.63) is 64.7 Å². The lowest BCUT2D eigenvalue weighted by atomic mass is 10.2. The lowest BCUT2D eigenvalue weighted by Gasteiger charge is -2.09. The highest BCUT2D eigenvalue weighted by atomic mass is 35.5. The van der Waals surface area contributed by atoms with E-state index in [4.69, 9.17) is 16.7 Å². The Morgan fingerprint density at radius 1 is 1.10 bits per heavy atom. The number of benzene rings is 2. The van der Waals surface area contributed by atoms with Crippen LogP contribution in [0, 0.1) is 0 Å². The zero-order chi connectivity index (χ0) is 15.1. The molecule has 0 radical (unpaired) electrons. The van der Waals surface area contributed by atoms with Crippen molar-refractivity contribution in [2.24, 2.45) is 0 Å². The topological polar surface area (TPSA) is 61.4 Å². The van der Waals surface area contributed by atoms with Gasteiger partial charge in [0.15, 0.2) is 0 Å². The summed E-state index contributed by atoms with van der Waals surface area (Å²) in [5.41, 5.74) is 2.49. The molecule has 2 rings (SSSR count). The van der Waals surface area contributed by atoms with Crippen LogP contribution in [0.3, 0.4) is 0 Å². The van der Waals surface area contributed by atoms with Crippen molar-refractivity contribution in [3.63, 3.8) is 0 Å². The molecule has 0 aromatic heterocycles. The minimum Gasteiger partial charge on any atom is -0.395 e. The largest absolute Gasteiger partial charge is 0.395 e. The van der Waals surface area contributed by atoms with Gasteiger partial charge in [-0.1, -0.05) is 29.8 Å². The maximum Gasteiger partial charge on any atom is 0.251 e. The van der Waals surface area contributed by atoms with E-state index in [9.17, 15) is 4.79 Å². The van der Waals surface area contributed by atoms with Gasteiger partial charge in [0.05, 0.1) is 6.61 Å². The van der Waals surface area contributed by atoms with Gasteiger partial charge in [0.1, 0.15) is 0 Å². The van der Waals surface area contributed by atoms with Gasteiger partial charge >= 0.3 is 0 Å². The molecule has 0 aliphatic heterocycles. The van der Waals surface area contributed by atoms with Crippen molar-refractivity contribution in [1.82, 2.24) is 5.32 Å². The first-order valence-electron chi connectivity index (χ1n) is 6.67. The number of carbonyl (C=O) groups is 1. The second-order valence-electron chi connectivity index (χ2n) is 4.50. The van der Waals surface area contributed by atoms with Crippen LogP contribution in [-0.4, -0.2) is 24.2 Å². The summed E-state index contributed by atoms with van der Waals surface area (Å²) in [6.07, 6.45) is 0. The van der Waals surface area contributed by atoms with Crippen molar-refractivity contribution >= 4 is 23.2 Å². The van der Waals surface area contributed by atoms with E-state index in [-0.39, 0.29) is 19.1 Å². The Balaban J connectivity index is 1.93. The predicted molar refractivity (Wildman–Crippen MR) is 84.6 cm³/mol. The fourth-order valence-electron chi connectivity index (χ4n) is 1.85. The molecule has 2 aromatic rings. The monoisotopic (exact) mass is 304 g/mol. The molecular formula is C16H17ClN2O2. The normalized spacial score (nSPS) is 10.2. The van der Waals surface area contributed by atoms with E-state index >= 15 is 0 Å². The lowest BCUT2D eigenvalue weighted by molar-refractivity contribution is 0.0945. The third kappa shape index (κ3) is 4.48. The summed E-state index contributed by atoms with van der Waals surface area (Å²) in [5.74, 6) is -0.193. The van der Waals surface area contributed by atoms with E-state index in [2.05, 4.69) is 10.6 Å². The molecule has 0 spiro atoms. The summed E-state index contributed by atoms with van der Waals surface area (Å²) in [4.78, 5) is 11.7. The van der Waals surface area contributed by atoms with Crippen LogP contribution in [0.5, 0.6) is 0 Å². The third-order valence-corrected chi connectivity index (χ3v) is 3.35. The van der Waals surface area contributed by atoms with E-state index in [1.807, 2.05) is 36.4 Å². The highest BCUT2D eigenvalue weighted by Crippen LogP contribution is 2.17. The number of aliphatic hydroxyl groups is 1. The van der Waals surface area contributed by atoms with Gasteiger partial charge in [-0.25, -0.2) is 0 Å². The number of carbonyl (C=O) groups excluding carboxylic acids is 1. The molecule has 0 aliphatic rings. The summed E-state index contributed by atoms with van der Waals surface area (Å²) in [6, 6.07) is 14.8. The van der Waals surface area contributed by atoms with Gasteiger partial charge in [-0.3, -0.25) is 4.79 Å². The quantitative estimate of drug-likeness (QED) is 0.769. The number of nitrogens with one attached hydrogen (secondary N) is 2. The highest BCUT2D eigenvalue weighted by Gasteiger charge is 2.04. The van der Waals surface area contributed by atoms with E-state index in [0.717, 1.165) is 16.3 Å². The molecular weight excluding hydrogens is 288 g/mol. The predicted octanol–water partition coefficient (Wildman–Crippen LogP) is 2.67. The van der Waals surface area contributed by atoms with Crippen LogP contribution in [0.1, 0.15) is 15.9 Å².